The van der Waals surface area contributed by atoms with Crippen LogP contribution >= 0.6 is 0 Å². The molecule has 0 N–H and O–H groups in total. The van der Waals surface area contributed by atoms with Crippen molar-refractivity contribution in [1.82, 2.24) is 9.97 Å². The van der Waals surface area contributed by atoms with Crippen LogP contribution in [0.2, 0.25) is 0 Å². The minimum Gasteiger partial charge on any atom is -0.376 e. The molecular formula is C25H42N2O2. The number of unbranched alkanes of at least 4 members (excludes halogenated alkanes) is 1. The molecule has 1 atom stereocenters. The summed E-state index contributed by atoms with van der Waals surface area (Å²) in [6.45, 7) is 19.8. The van der Waals surface area contributed by atoms with E-state index in [1.54, 1.807) is 6.20 Å². The number of hydrogen-bond acceptors (Lipinski definition) is 4. The summed E-state index contributed by atoms with van der Waals surface area (Å²) >= 11 is 0. The molecule has 0 aliphatic rings. The molecule has 4 heteroatoms. The van der Waals surface area contributed by atoms with Crippen LogP contribution in [0.3, 0.4) is 0 Å². The first-order chi connectivity index (χ1) is 13.3. The fraction of sp³-hybridized carbons (Fsp3) is 0.720. The van der Waals surface area contributed by atoms with Crippen LogP contribution in [0.25, 0.3) is 6.08 Å². The SMILES string of the molecule is CC[C@H](CCCCC(=O)c1cnc(C)c(/C=C(\C)C(C)(C)C)n1)COC(C)(C)C. The zero-order chi connectivity index (χ0) is 22.2. The summed E-state index contributed by atoms with van der Waals surface area (Å²) in [6.07, 6.45) is 8.32. The van der Waals surface area contributed by atoms with E-state index in [1.165, 1.54) is 5.57 Å². The van der Waals surface area contributed by atoms with Crippen molar-refractivity contribution in [3.8, 4) is 0 Å². The number of ether oxygens (including phenoxy) is 1. The fourth-order valence-corrected chi connectivity index (χ4v) is 2.78. The van der Waals surface area contributed by atoms with Crippen LogP contribution in [0.4, 0.5) is 0 Å². The molecule has 0 unspecified atom stereocenters. The smallest absolute Gasteiger partial charge is 0.182 e. The number of Topliss-reactive ketones (excluding diaryl/α,β-unsaturated/α-hetero) is 1. The zero-order valence-electron chi connectivity index (χ0n) is 20.2. The maximum atomic E-state index is 12.6. The van der Waals surface area contributed by atoms with E-state index in [2.05, 4.69) is 71.4 Å². The van der Waals surface area contributed by atoms with E-state index >= 15 is 0 Å². The Morgan fingerprint density at radius 3 is 2.38 bits per heavy atom. The van der Waals surface area contributed by atoms with Gasteiger partial charge in [-0.15, -0.1) is 0 Å². The topological polar surface area (TPSA) is 52.1 Å². The van der Waals surface area contributed by atoms with Crippen molar-refractivity contribution in [3.05, 3.63) is 28.9 Å². The molecule has 1 heterocycles. The monoisotopic (exact) mass is 402 g/mol. The molecule has 0 amide bonds. The molecule has 0 spiro atoms. The van der Waals surface area contributed by atoms with Gasteiger partial charge in [0.2, 0.25) is 0 Å². The highest BCUT2D eigenvalue weighted by atomic mass is 16.5. The molecule has 164 valence electrons. The summed E-state index contributed by atoms with van der Waals surface area (Å²) in [6, 6.07) is 0. The van der Waals surface area contributed by atoms with Crippen molar-refractivity contribution in [2.45, 2.75) is 100 Å². The number of allylic oxidation sites excluding steroid dienone is 1. The van der Waals surface area contributed by atoms with Crippen molar-refractivity contribution >= 4 is 11.9 Å². The fourth-order valence-electron chi connectivity index (χ4n) is 2.78. The molecule has 1 aromatic rings. The number of ketones is 1. The van der Waals surface area contributed by atoms with E-state index in [1.807, 2.05) is 6.92 Å². The number of hydrogen-bond donors (Lipinski definition) is 0. The molecule has 0 aliphatic heterocycles. The minimum absolute atomic E-state index is 0.0701. The van der Waals surface area contributed by atoms with Crippen LogP contribution in [0.1, 0.15) is 109 Å². The molecule has 0 bridgehead atoms. The van der Waals surface area contributed by atoms with Gasteiger partial charge in [-0.05, 0) is 64.9 Å². The van der Waals surface area contributed by atoms with E-state index in [-0.39, 0.29) is 16.8 Å². The third kappa shape index (κ3) is 9.66. The van der Waals surface area contributed by atoms with E-state index in [0.717, 1.165) is 43.7 Å². The van der Waals surface area contributed by atoms with Gasteiger partial charge in [0, 0.05) is 6.42 Å². The third-order valence-electron chi connectivity index (χ3n) is 5.41. The van der Waals surface area contributed by atoms with Crippen LogP contribution in [-0.4, -0.2) is 28.0 Å². The van der Waals surface area contributed by atoms with Gasteiger partial charge in [-0.3, -0.25) is 9.78 Å². The van der Waals surface area contributed by atoms with Gasteiger partial charge in [-0.2, -0.15) is 0 Å². The first kappa shape index (κ1) is 25.5. The Hall–Kier alpha value is -1.55. The highest BCUT2D eigenvalue weighted by molar-refractivity contribution is 5.94. The molecule has 0 fully saturated rings. The number of carbonyl (C=O) groups is 1. The van der Waals surface area contributed by atoms with Gasteiger partial charge in [0.05, 0.1) is 29.8 Å². The lowest BCUT2D eigenvalue weighted by molar-refractivity contribution is -0.0243. The highest BCUT2D eigenvalue weighted by Gasteiger charge is 2.16. The van der Waals surface area contributed by atoms with Gasteiger partial charge >= 0.3 is 0 Å². The summed E-state index contributed by atoms with van der Waals surface area (Å²) in [4.78, 5) is 21.6. The molecule has 0 saturated carbocycles. The van der Waals surface area contributed by atoms with E-state index < -0.39 is 0 Å². The standard InChI is InChI=1S/C25H42N2O2/c1-10-20(17-29-25(7,8)9)13-11-12-14-23(28)22-16-26-19(3)21(27-22)15-18(2)24(4,5)6/h15-16,20H,10-14,17H2,1-9H3/b18-15+/t20-/m1/s1. The van der Waals surface area contributed by atoms with Crippen LogP contribution in [0, 0.1) is 18.3 Å². The Labute approximate surface area is 178 Å². The highest BCUT2D eigenvalue weighted by Crippen LogP contribution is 2.26. The van der Waals surface area contributed by atoms with Gasteiger partial charge in [0.25, 0.3) is 0 Å². The first-order valence-corrected chi connectivity index (χ1v) is 11.0. The van der Waals surface area contributed by atoms with Crippen LogP contribution in [0.5, 0.6) is 0 Å². The Morgan fingerprint density at radius 1 is 1.17 bits per heavy atom. The summed E-state index contributed by atoms with van der Waals surface area (Å²) in [7, 11) is 0. The van der Waals surface area contributed by atoms with E-state index in [9.17, 15) is 4.79 Å². The number of carbonyl (C=O) groups excluding carboxylic acids is 1. The normalized spacial score (nSPS) is 14.2. The van der Waals surface area contributed by atoms with Crippen LogP contribution in [0.15, 0.2) is 11.8 Å². The number of aryl methyl sites for hydroxylation is 1. The number of nitrogens with zero attached hydrogens (tertiary/aromatic N) is 2. The van der Waals surface area contributed by atoms with Crippen molar-refractivity contribution in [2.75, 3.05) is 6.61 Å². The maximum absolute atomic E-state index is 12.6. The second-order valence-electron chi connectivity index (χ2n) is 10.2. The van der Waals surface area contributed by atoms with Gasteiger partial charge in [0.1, 0.15) is 5.69 Å². The maximum Gasteiger partial charge on any atom is 0.182 e. The average molecular weight is 403 g/mol. The molecule has 0 saturated heterocycles. The summed E-state index contributed by atoms with van der Waals surface area (Å²) in [5.74, 6) is 0.639. The lowest BCUT2D eigenvalue weighted by Gasteiger charge is -2.23. The lowest BCUT2D eigenvalue weighted by atomic mass is 9.87. The minimum atomic E-state index is -0.0923. The Morgan fingerprint density at radius 2 is 1.83 bits per heavy atom. The zero-order valence-corrected chi connectivity index (χ0v) is 20.2. The lowest BCUT2D eigenvalue weighted by Crippen LogP contribution is -2.23. The van der Waals surface area contributed by atoms with Crippen molar-refractivity contribution in [3.63, 3.8) is 0 Å². The van der Waals surface area contributed by atoms with E-state index in [4.69, 9.17) is 4.74 Å². The largest absolute Gasteiger partial charge is 0.376 e. The summed E-state index contributed by atoms with van der Waals surface area (Å²) < 4.78 is 5.92. The molecule has 0 aliphatic carbocycles. The predicted molar refractivity (Wildman–Crippen MR) is 122 cm³/mol. The molecular weight excluding hydrogens is 360 g/mol. The molecule has 0 radical (unpaired) electrons. The van der Waals surface area contributed by atoms with Gasteiger partial charge in [-0.25, -0.2) is 4.98 Å². The average Bonchev–Trinajstić information content (AvgIpc) is 2.61. The van der Waals surface area contributed by atoms with Gasteiger partial charge in [0.15, 0.2) is 5.78 Å². The number of rotatable bonds is 10. The summed E-state index contributed by atoms with van der Waals surface area (Å²) in [5, 5.41) is 0. The third-order valence-corrected chi connectivity index (χ3v) is 5.41. The van der Waals surface area contributed by atoms with Crippen LogP contribution in [-0.2, 0) is 4.74 Å². The van der Waals surface area contributed by atoms with Gasteiger partial charge < -0.3 is 4.74 Å². The van der Waals surface area contributed by atoms with E-state index in [0.29, 0.717) is 18.0 Å². The molecule has 1 aromatic heterocycles. The quantitative estimate of drug-likeness (QED) is 0.318. The molecule has 29 heavy (non-hydrogen) atoms. The van der Waals surface area contributed by atoms with Crippen molar-refractivity contribution in [2.24, 2.45) is 11.3 Å². The van der Waals surface area contributed by atoms with Gasteiger partial charge in [-0.1, -0.05) is 46.1 Å². The molecule has 4 nitrogen and oxygen atoms in total. The van der Waals surface area contributed by atoms with Crippen molar-refractivity contribution < 1.29 is 9.53 Å². The molecule has 1 rings (SSSR count). The Balaban J connectivity index is 2.62. The van der Waals surface area contributed by atoms with Crippen molar-refractivity contribution in [1.29, 1.82) is 0 Å². The number of aromatic nitrogens is 2. The Bertz CT molecular complexity index is 694. The second kappa shape index (κ2) is 11.0. The first-order valence-electron chi connectivity index (χ1n) is 11.0. The summed E-state index contributed by atoms with van der Waals surface area (Å²) in [5.41, 5.74) is 3.34. The Kier molecular flexibility index (Phi) is 9.67. The second-order valence-corrected chi connectivity index (χ2v) is 10.2. The molecule has 0 aromatic carbocycles. The van der Waals surface area contributed by atoms with Crippen LogP contribution < -0.4 is 0 Å². The predicted octanol–water partition coefficient (Wildman–Crippen LogP) is 6.82.